The van der Waals surface area contributed by atoms with Gasteiger partial charge in [0.1, 0.15) is 18.2 Å². The molecule has 0 fully saturated rings. The molecule has 4 rings (SSSR count). The van der Waals surface area contributed by atoms with E-state index in [9.17, 15) is 9.18 Å². The van der Waals surface area contributed by atoms with E-state index in [1.165, 1.54) is 17.7 Å². The lowest BCUT2D eigenvalue weighted by Crippen LogP contribution is -2.24. The van der Waals surface area contributed by atoms with Crippen molar-refractivity contribution in [2.45, 2.75) is 26.3 Å². The summed E-state index contributed by atoms with van der Waals surface area (Å²) in [5, 5.41) is 0.757. The second-order valence-corrected chi connectivity index (χ2v) is 7.91. The Labute approximate surface area is 186 Å². The molecule has 0 atom stereocenters. The lowest BCUT2D eigenvalue weighted by Gasteiger charge is -2.15. The first-order valence-corrected chi connectivity index (χ1v) is 10.4. The van der Waals surface area contributed by atoms with Crippen molar-refractivity contribution in [2.75, 3.05) is 6.61 Å². The van der Waals surface area contributed by atoms with Crippen molar-refractivity contribution < 1.29 is 9.13 Å². The summed E-state index contributed by atoms with van der Waals surface area (Å²) in [5.74, 6) is 3.10. The van der Waals surface area contributed by atoms with Crippen molar-refractivity contribution in [3.8, 4) is 29.4 Å². The fourth-order valence-corrected chi connectivity index (χ4v) is 3.69. The summed E-state index contributed by atoms with van der Waals surface area (Å²) in [5.41, 5.74) is 3.57. The van der Waals surface area contributed by atoms with Crippen LogP contribution in [0.25, 0.3) is 22.2 Å². The first kappa shape index (κ1) is 21.3. The van der Waals surface area contributed by atoms with Gasteiger partial charge in [-0.3, -0.25) is 4.57 Å². The van der Waals surface area contributed by atoms with Gasteiger partial charge < -0.3 is 4.74 Å². The first-order chi connectivity index (χ1) is 15.5. The number of ether oxygens (including phenoxy) is 1. The zero-order valence-corrected chi connectivity index (χ0v) is 18.0. The number of rotatable bonds is 6. The zero-order valence-electron chi connectivity index (χ0n) is 18.0. The first-order valence-electron chi connectivity index (χ1n) is 10.4. The van der Waals surface area contributed by atoms with E-state index in [2.05, 4.69) is 24.8 Å². The normalized spacial score (nSPS) is 11.0. The maximum atomic E-state index is 13.7. The molecule has 0 amide bonds. The summed E-state index contributed by atoms with van der Waals surface area (Å²) in [6.45, 7) is 4.61. The maximum Gasteiger partial charge on any atom is 0.348 e. The van der Waals surface area contributed by atoms with Crippen LogP contribution in [0.4, 0.5) is 4.39 Å². The van der Waals surface area contributed by atoms with Gasteiger partial charge in [-0.25, -0.2) is 9.18 Å². The van der Waals surface area contributed by atoms with Crippen LogP contribution in [0.1, 0.15) is 30.9 Å². The molecule has 0 unspecified atom stereocenters. The summed E-state index contributed by atoms with van der Waals surface area (Å²) in [7, 11) is 0. The van der Waals surface area contributed by atoms with Gasteiger partial charge >= 0.3 is 5.69 Å². The Balaban J connectivity index is 1.89. The lowest BCUT2D eigenvalue weighted by atomic mass is 9.99. The number of nitrogens with zero attached hydrogens (tertiary/aromatic N) is 2. The predicted molar refractivity (Wildman–Crippen MR) is 125 cm³/mol. The van der Waals surface area contributed by atoms with Crippen molar-refractivity contribution in [3.63, 3.8) is 0 Å². The highest BCUT2D eigenvalue weighted by molar-refractivity contribution is 5.93. The monoisotopic (exact) mass is 426 g/mol. The third kappa shape index (κ3) is 4.40. The molecule has 5 heteroatoms. The third-order valence-corrected chi connectivity index (χ3v) is 5.35. The quantitative estimate of drug-likeness (QED) is 0.389. The Bertz CT molecular complexity index is 1370. The molecule has 160 valence electrons. The summed E-state index contributed by atoms with van der Waals surface area (Å²) in [6, 6.07) is 19.7. The topological polar surface area (TPSA) is 44.1 Å². The van der Waals surface area contributed by atoms with Gasteiger partial charge in [-0.2, -0.15) is 4.98 Å². The van der Waals surface area contributed by atoms with Crippen molar-refractivity contribution >= 4 is 10.9 Å². The molecular weight excluding hydrogens is 403 g/mol. The molecule has 1 heterocycles. The highest BCUT2D eigenvalue weighted by Crippen LogP contribution is 2.30. The predicted octanol–water partition coefficient (Wildman–Crippen LogP) is 5.39. The van der Waals surface area contributed by atoms with Crippen molar-refractivity contribution in [1.29, 1.82) is 0 Å². The van der Waals surface area contributed by atoms with Crippen LogP contribution in [0.15, 0.2) is 71.5 Å². The number of benzene rings is 3. The van der Waals surface area contributed by atoms with Gasteiger partial charge in [-0.05, 0) is 47.4 Å². The van der Waals surface area contributed by atoms with Crippen LogP contribution in [0, 0.1) is 18.2 Å². The SMILES string of the molecule is C#CCOc1ccc2c(c1)c(-c1ccc(C(C)C)cc1)nc(=O)n2Cc1cccc(F)c1. The molecule has 0 spiro atoms. The van der Waals surface area contributed by atoms with Crippen LogP contribution < -0.4 is 10.4 Å². The third-order valence-electron chi connectivity index (χ3n) is 5.35. The average molecular weight is 426 g/mol. The van der Waals surface area contributed by atoms with Crippen LogP contribution >= 0.6 is 0 Å². The van der Waals surface area contributed by atoms with Gasteiger partial charge in [0.25, 0.3) is 0 Å². The van der Waals surface area contributed by atoms with Crippen molar-refractivity contribution in [3.05, 3.63) is 94.2 Å². The van der Waals surface area contributed by atoms with Crippen LogP contribution in [0.5, 0.6) is 5.75 Å². The summed E-state index contributed by atoms with van der Waals surface area (Å²) in [4.78, 5) is 17.5. The van der Waals surface area contributed by atoms with E-state index in [0.717, 1.165) is 10.9 Å². The van der Waals surface area contributed by atoms with Gasteiger partial charge in [0.05, 0.1) is 17.8 Å². The number of aromatic nitrogens is 2. The molecule has 0 aliphatic carbocycles. The smallest absolute Gasteiger partial charge is 0.348 e. The molecule has 0 N–H and O–H groups in total. The van der Waals surface area contributed by atoms with E-state index in [-0.39, 0.29) is 19.0 Å². The second kappa shape index (κ2) is 9.07. The van der Waals surface area contributed by atoms with Gasteiger partial charge in [0, 0.05) is 10.9 Å². The number of fused-ring (bicyclic) bond motifs is 1. The summed E-state index contributed by atoms with van der Waals surface area (Å²) < 4.78 is 20.8. The Hall–Kier alpha value is -3.91. The van der Waals surface area contributed by atoms with Crippen LogP contribution in [0.2, 0.25) is 0 Å². The summed E-state index contributed by atoms with van der Waals surface area (Å²) >= 11 is 0. The molecule has 4 nitrogen and oxygen atoms in total. The molecule has 0 bridgehead atoms. The lowest BCUT2D eigenvalue weighted by molar-refractivity contribution is 0.371. The fourth-order valence-electron chi connectivity index (χ4n) is 3.69. The van der Waals surface area contributed by atoms with Crippen LogP contribution in [-0.4, -0.2) is 16.2 Å². The van der Waals surface area contributed by atoms with Gasteiger partial charge in [-0.15, -0.1) is 6.42 Å². The highest BCUT2D eigenvalue weighted by Gasteiger charge is 2.14. The highest BCUT2D eigenvalue weighted by atomic mass is 19.1. The number of terminal acetylenes is 1. The molecule has 4 aromatic rings. The van der Waals surface area contributed by atoms with Crippen molar-refractivity contribution in [2.24, 2.45) is 0 Å². The molecule has 0 saturated carbocycles. The van der Waals surface area contributed by atoms with Crippen LogP contribution in [0.3, 0.4) is 0 Å². The summed E-state index contributed by atoms with van der Waals surface area (Å²) in [6.07, 6.45) is 5.33. The zero-order chi connectivity index (χ0) is 22.7. The van der Waals surface area contributed by atoms with Gasteiger partial charge in [-0.1, -0.05) is 56.2 Å². The Morgan fingerprint density at radius 2 is 1.88 bits per heavy atom. The Morgan fingerprint density at radius 1 is 1.09 bits per heavy atom. The Kier molecular flexibility index (Phi) is 6.04. The average Bonchev–Trinajstić information content (AvgIpc) is 2.79. The number of hydrogen-bond acceptors (Lipinski definition) is 3. The van der Waals surface area contributed by atoms with Gasteiger partial charge in [0.15, 0.2) is 0 Å². The molecule has 0 saturated heterocycles. The van der Waals surface area contributed by atoms with E-state index in [1.54, 1.807) is 22.8 Å². The maximum absolute atomic E-state index is 13.7. The Morgan fingerprint density at radius 3 is 2.56 bits per heavy atom. The standard InChI is InChI=1S/C27H23FN2O2/c1-4-14-32-23-12-13-25-24(16-23)26(21-10-8-20(9-11-21)18(2)3)29-27(31)30(25)17-19-6-5-7-22(28)15-19/h1,5-13,15-16,18H,14,17H2,2-3H3. The molecule has 0 aliphatic heterocycles. The molecule has 3 aromatic carbocycles. The molecule has 32 heavy (non-hydrogen) atoms. The van der Waals surface area contributed by atoms with E-state index < -0.39 is 5.69 Å². The van der Waals surface area contributed by atoms with E-state index in [0.29, 0.717) is 28.4 Å². The van der Waals surface area contributed by atoms with E-state index in [4.69, 9.17) is 11.2 Å². The minimum absolute atomic E-state index is 0.139. The minimum atomic E-state index is -0.401. The van der Waals surface area contributed by atoms with Gasteiger partial charge in [0.2, 0.25) is 0 Å². The second-order valence-electron chi connectivity index (χ2n) is 7.91. The largest absolute Gasteiger partial charge is 0.481 e. The van der Waals surface area contributed by atoms with Crippen molar-refractivity contribution in [1.82, 2.24) is 9.55 Å². The molecule has 0 aliphatic rings. The molecule has 1 aromatic heterocycles. The van der Waals surface area contributed by atoms with Crippen LogP contribution in [-0.2, 0) is 6.54 Å². The van der Waals surface area contributed by atoms with E-state index in [1.807, 2.05) is 36.4 Å². The molecular formula is C27H23FN2O2. The fraction of sp³-hybridized carbons (Fsp3) is 0.185. The number of hydrogen-bond donors (Lipinski definition) is 0. The molecule has 0 radical (unpaired) electrons. The minimum Gasteiger partial charge on any atom is -0.481 e. The van der Waals surface area contributed by atoms with E-state index >= 15 is 0 Å². The number of halogens is 1.